The number of hydrogen-bond acceptors (Lipinski definition) is 3. The van der Waals surface area contributed by atoms with Gasteiger partial charge in [-0.05, 0) is 33.1 Å². The van der Waals surface area contributed by atoms with Gasteiger partial charge in [0.2, 0.25) is 0 Å². The number of likely N-dealkylation sites (tertiary alicyclic amines) is 1. The molecule has 18 heavy (non-hydrogen) atoms. The minimum atomic E-state index is 0. The van der Waals surface area contributed by atoms with Gasteiger partial charge in [0.05, 0.1) is 17.2 Å². The second kappa shape index (κ2) is 7.28. The first-order chi connectivity index (χ1) is 8.16. The molecule has 0 amide bonds. The van der Waals surface area contributed by atoms with Crippen molar-refractivity contribution >= 4 is 41.3 Å². The van der Waals surface area contributed by atoms with Crippen molar-refractivity contribution < 1.29 is 0 Å². The standard InChI is InChI=1S/C12H20N4S.HI/c1-9-11(17-10(2)15-9)8-14-12(13)16-6-4-3-5-7-16;/h3-8H2,1-2H3,(H2,13,14);1H. The molecule has 2 N–H and O–H groups in total. The number of nitrogens with two attached hydrogens (primary N) is 1. The maximum Gasteiger partial charge on any atom is 0.191 e. The van der Waals surface area contributed by atoms with Gasteiger partial charge in [0.1, 0.15) is 0 Å². The molecule has 2 rings (SSSR count). The molecule has 2 heterocycles. The van der Waals surface area contributed by atoms with E-state index in [9.17, 15) is 0 Å². The number of piperidine rings is 1. The molecule has 1 aromatic heterocycles. The molecule has 0 bridgehead atoms. The number of halogens is 1. The molecule has 1 saturated heterocycles. The van der Waals surface area contributed by atoms with Crippen LogP contribution in [0.4, 0.5) is 0 Å². The van der Waals surface area contributed by atoms with Crippen LogP contribution in [0.1, 0.15) is 34.8 Å². The predicted molar refractivity (Wildman–Crippen MR) is 87.8 cm³/mol. The molecule has 0 saturated carbocycles. The lowest BCUT2D eigenvalue weighted by Gasteiger charge is -2.27. The highest BCUT2D eigenvalue weighted by molar-refractivity contribution is 14.0. The second-order valence-corrected chi connectivity index (χ2v) is 5.75. The lowest BCUT2D eigenvalue weighted by molar-refractivity contribution is 0.338. The lowest BCUT2D eigenvalue weighted by atomic mass is 10.1. The summed E-state index contributed by atoms with van der Waals surface area (Å²) < 4.78 is 0. The number of nitrogens with zero attached hydrogens (tertiary/aromatic N) is 3. The van der Waals surface area contributed by atoms with E-state index in [2.05, 4.69) is 14.9 Å². The number of rotatable bonds is 2. The van der Waals surface area contributed by atoms with Gasteiger partial charge in [-0.3, -0.25) is 0 Å². The average Bonchev–Trinajstić information content (AvgIpc) is 2.66. The van der Waals surface area contributed by atoms with Crippen molar-refractivity contribution in [3.63, 3.8) is 0 Å². The van der Waals surface area contributed by atoms with E-state index in [0.717, 1.165) is 23.8 Å². The number of aryl methyl sites for hydroxylation is 2. The molecule has 0 unspecified atom stereocenters. The number of thiazole rings is 1. The molecule has 102 valence electrons. The zero-order valence-corrected chi connectivity index (χ0v) is 14.1. The molecule has 1 fully saturated rings. The molecule has 6 heteroatoms. The molecule has 1 aromatic rings. The Labute approximate surface area is 130 Å². The van der Waals surface area contributed by atoms with E-state index in [4.69, 9.17) is 5.73 Å². The molecule has 0 aliphatic carbocycles. The Balaban J connectivity index is 0.00000162. The Morgan fingerprint density at radius 1 is 1.33 bits per heavy atom. The molecular formula is C12H21IN4S. The first-order valence-electron chi connectivity index (χ1n) is 6.14. The van der Waals surface area contributed by atoms with Crippen molar-refractivity contribution in [2.24, 2.45) is 10.7 Å². The van der Waals surface area contributed by atoms with Gasteiger partial charge in [-0.1, -0.05) is 0 Å². The summed E-state index contributed by atoms with van der Waals surface area (Å²) in [6, 6.07) is 0. The molecule has 0 atom stereocenters. The molecule has 0 radical (unpaired) electrons. The van der Waals surface area contributed by atoms with Crippen LogP contribution in [0, 0.1) is 13.8 Å². The van der Waals surface area contributed by atoms with E-state index in [1.807, 2.05) is 13.8 Å². The molecule has 1 aliphatic heterocycles. The van der Waals surface area contributed by atoms with Gasteiger partial charge in [-0.15, -0.1) is 35.3 Å². The Bertz CT molecular complexity index is 410. The lowest BCUT2D eigenvalue weighted by Crippen LogP contribution is -2.40. The van der Waals surface area contributed by atoms with Crippen LogP contribution < -0.4 is 5.73 Å². The summed E-state index contributed by atoms with van der Waals surface area (Å²) in [5.41, 5.74) is 7.10. The van der Waals surface area contributed by atoms with Gasteiger partial charge in [-0.2, -0.15) is 0 Å². The van der Waals surface area contributed by atoms with E-state index >= 15 is 0 Å². The summed E-state index contributed by atoms with van der Waals surface area (Å²) in [6.07, 6.45) is 3.78. The van der Waals surface area contributed by atoms with E-state index in [1.165, 1.54) is 24.1 Å². The Kier molecular flexibility index (Phi) is 6.34. The van der Waals surface area contributed by atoms with E-state index in [-0.39, 0.29) is 24.0 Å². The summed E-state index contributed by atoms with van der Waals surface area (Å²) in [7, 11) is 0. The van der Waals surface area contributed by atoms with Gasteiger partial charge in [0.15, 0.2) is 5.96 Å². The molecular weight excluding hydrogens is 359 g/mol. The number of guanidine groups is 1. The first-order valence-corrected chi connectivity index (χ1v) is 6.96. The monoisotopic (exact) mass is 380 g/mol. The first kappa shape index (κ1) is 15.7. The Hall–Kier alpha value is -0.370. The average molecular weight is 380 g/mol. The van der Waals surface area contributed by atoms with Crippen molar-refractivity contribution in [2.75, 3.05) is 13.1 Å². The van der Waals surface area contributed by atoms with Gasteiger partial charge in [0.25, 0.3) is 0 Å². The zero-order valence-electron chi connectivity index (χ0n) is 11.0. The van der Waals surface area contributed by atoms with E-state index < -0.39 is 0 Å². The minimum absolute atomic E-state index is 0. The topological polar surface area (TPSA) is 54.5 Å². The molecule has 4 nitrogen and oxygen atoms in total. The van der Waals surface area contributed by atoms with E-state index in [0.29, 0.717) is 12.5 Å². The van der Waals surface area contributed by atoms with Crippen LogP contribution in [0.15, 0.2) is 4.99 Å². The van der Waals surface area contributed by atoms with Crippen molar-refractivity contribution in [1.82, 2.24) is 9.88 Å². The van der Waals surface area contributed by atoms with E-state index in [1.54, 1.807) is 11.3 Å². The second-order valence-electron chi connectivity index (χ2n) is 4.46. The normalized spacial score (nSPS) is 16.6. The third-order valence-electron chi connectivity index (χ3n) is 3.06. The molecule has 1 aliphatic rings. The molecule has 0 aromatic carbocycles. The number of aromatic nitrogens is 1. The number of aliphatic imine (C=N–C) groups is 1. The highest BCUT2D eigenvalue weighted by atomic mass is 127. The van der Waals surface area contributed by atoms with Crippen LogP contribution in [-0.4, -0.2) is 28.9 Å². The van der Waals surface area contributed by atoms with Gasteiger partial charge in [-0.25, -0.2) is 9.98 Å². The van der Waals surface area contributed by atoms with Crippen LogP contribution in [0.25, 0.3) is 0 Å². The van der Waals surface area contributed by atoms with Crippen molar-refractivity contribution in [3.8, 4) is 0 Å². The smallest absolute Gasteiger partial charge is 0.191 e. The zero-order chi connectivity index (χ0) is 12.3. The Morgan fingerprint density at radius 3 is 2.56 bits per heavy atom. The van der Waals surface area contributed by atoms with Crippen LogP contribution in [0.2, 0.25) is 0 Å². The summed E-state index contributed by atoms with van der Waals surface area (Å²) in [4.78, 5) is 12.3. The van der Waals surface area contributed by atoms with Crippen molar-refractivity contribution in [3.05, 3.63) is 15.6 Å². The fourth-order valence-corrected chi connectivity index (χ4v) is 2.96. The van der Waals surface area contributed by atoms with Gasteiger partial charge >= 0.3 is 0 Å². The Morgan fingerprint density at radius 2 is 2.00 bits per heavy atom. The third-order valence-corrected chi connectivity index (χ3v) is 4.12. The van der Waals surface area contributed by atoms with Gasteiger partial charge < -0.3 is 10.6 Å². The van der Waals surface area contributed by atoms with Crippen molar-refractivity contribution in [2.45, 2.75) is 39.7 Å². The van der Waals surface area contributed by atoms with Crippen LogP contribution >= 0.6 is 35.3 Å². The van der Waals surface area contributed by atoms with Crippen LogP contribution in [-0.2, 0) is 6.54 Å². The molecule has 0 spiro atoms. The predicted octanol–water partition coefficient (Wildman–Crippen LogP) is 2.68. The van der Waals surface area contributed by atoms with Crippen LogP contribution in [0.5, 0.6) is 0 Å². The quantitative estimate of drug-likeness (QED) is 0.488. The maximum atomic E-state index is 6.01. The largest absolute Gasteiger partial charge is 0.370 e. The summed E-state index contributed by atoms with van der Waals surface area (Å²) >= 11 is 1.71. The number of hydrogen-bond donors (Lipinski definition) is 1. The summed E-state index contributed by atoms with van der Waals surface area (Å²) in [5, 5.41) is 1.10. The maximum absolute atomic E-state index is 6.01. The highest BCUT2D eigenvalue weighted by Gasteiger charge is 2.12. The van der Waals surface area contributed by atoms with Crippen molar-refractivity contribution in [1.29, 1.82) is 0 Å². The summed E-state index contributed by atoms with van der Waals surface area (Å²) in [6.45, 7) is 6.83. The summed E-state index contributed by atoms with van der Waals surface area (Å²) in [5.74, 6) is 0.690. The fraction of sp³-hybridized carbons (Fsp3) is 0.667. The fourth-order valence-electron chi connectivity index (χ4n) is 2.10. The third kappa shape index (κ3) is 4.08. The SMILES string of the molecule is Cc1nc(C)c(CN=C(N)N2CCCCC2)s1.I. The minimum Gasteiger partial charge on any atom is -0.370 e. The van der Waals surface area contributed by atoms with Gasteiger partial charge in [0, 0.05) is 18.0 Å². The highest BCUT2D eigenvalue weighted by Crippen LogP contribution is 2.18. The van der Waals surface area contributed by atoms with Crippen LogP contribution in [0.3, 0.4) is 0 Å².